The number of aromatic hydroxyl groups is 1. The standard InChI is InChI=1S/C21H14Br4O2/c1-9-15-8-12(23)3-5-14(15)18(21(27)19(9)25)17-13-4-2-11(22)6-10(13)7-16(24)20(17)26/h2-9,19,26-27H,1H3. The maximum atomic E-state index is 11.1. The summed E-state index contributed by atoms with van der Waals surface area (Å²) in [5.74, 6) is 0.445. The molecule has 0 bridgehead atoms. The number of halogens is 4. The monoisotopic (exact) mass is 614 g/mol. The number of allylic oxidation sites excluding steroid dienone is 1. The van der Waals surface area contributed by atoms with Crippen LogP contribution in [0, 0.1) is 0 Å². The number of aliphatic hydroxyl groups is 1. The topological polar surface area (TPSA) is 40.5 Å². The van der Waals surface area contributed by atoms with E-state index in [2.05, 4.69) is 76.7 Å². The Kier molecular flexibility index (Phi) is 5.21. The minimum Gasteiger partial charge on any atom is -0.510 e. The van der Waals surface area contributed by atoms with Crippen molar-refractivity contribution >= 4 is 80.1 Å². The zero-order valence-electron chi connectivity index (χ0n) is 14.1. The van der Waals surface area contributed by atoms with E-state index in [1.54, 1.807) is 0 Å². The van der Waals surface area contributed by atoms with Crippen LogP contribution in [0.2, 0.25) is 0 Å². The third kappa shape index (κ3) is 3.18. The summed E-state index contributed by atoms with van der Waals surface area (Å²) in [6.07, 6.45) is 0. The van der Waals surface area contributed by atoms with Gasteiger partial charge in [-0.05, 0) is 68.2 Å². The van der Waals surface area contributed by atoms with E-state index >= 15 is 0 Å². The van der Waals surface area contributed by atoms with Crippen LogP contribution in [0.1, 0.15) is 29.5 Å². The molecule has 0 saturated heterocycles. The van der Waals surface area contributed by atoms with Crippen LogP contribution >= 0.6 is 63.7 Å². The molecule has 0 saturated carbocycles. The second kappa shape index (κ2) is 7.21. The third-order valence-corrected chi connectivity index (χ3v) is 7.83. The molecule has 2 unspecified atom stereocenters. The van der Waals surface area contributed by atoms with Crippen molar-refractivity contribution in [3.05, 3.63) is 78.3 Å². The SMILES string of the molecule is CC1c2cc(Br)ccc2C(c2c(O)c(Br)cc3cc(Br)ccc23)=C(O)C1Br. The van der Waals surface area contributed by atoms with Gasteiger partial charge in [-0.15, -0.1) is 0 Å². The van der Waals surface area contributed by atoms with Crippen molar-refractivity contribution in [3.8, 4) is 5.75 Å². The fraction of sp³-hybridized carbons (Fsp3) is 0.143. The zero-order chi connectivity index (χ0) is 19.5. The van der Waals surface area contributed by atoms with E-state index in [-0.39, 0.29) is 22.3 Å². The van der Waals surface area contributed by atoms with E-state index < -0.39 is 0 Å². The van der Waals surface area contributed by atoms with Gasteiger partial charge in [0.25, 0.3) is 0 Å². The first kappa shape index (κ1) is 19.5. The number of hydrogen-bond acceptors (Lipinski definition) is 2. The first-order chi connectivity index (χ1) is 12.8. The Balaban J connectivity index is 2.14. The predicted octanol–water partition coefficient (Wildman–Crippen LogP) is 8.03. The molecule has 2 N–H and O–H groups in total. The first-order valence-electron chi connectivity index (χ1n) is 8.27. The number of alkyl halides is 1. The lowest BCUT2D eigenvalue weighted by molar-refractivity contribution is 0.384. The van der Waals surface area contributed by atoms with Crippen molar-refractivity contribution < 1.29 is 10.2 Å². The van der Waals surface area contributed by atoms with E-state index in [1.807, 2.05) is 36.4 Å². The molecule has 0 radical (unpaired) electrons. The highest BCUT2D eigenvalue weighted by Gasteiger charge is 2.34. The number of benzene rings is 3. The minimum atomic E-state index is -0.238. The Bertz CT molecular complexity index is 1120. The highest BCUT2D eigenvalue weighted by Crippen LogP contribution is 2.49. The van der Waals surface area contributed by atoms with Crippen molar-refractivity contribution in [2.45, 2.75) is 17.7 Å². The van der Waals surface area contributed by atoms with Gasteiger partial charge in [0.05, 0.1) is 9.30 Å². The van der Waals surface area contributed by atoms with Crippen LogP contribution in [0.3, 0.4) is 0 Å². The van der Waals surface area contributed by atoms with Gasteiger partial charge < -0.3 is 10.2 Å². The fourth-order valence-corrected chi connectivity index (χ4v) is 5.37. The molecular formula is C21H14Br4O2. The lowest BCUT2D eigenvalue weighted by atomic mass is 9.79. The third-order valence-electron chi connectivity index (χ3n) is 5.01. The van der Waals surface area contributed by atoms with Crippen LogP contribution < -0.4 is 0 Å². The Morgan fingerprint density at radius 2 is 1.56 bits per heavy atom. The molecule has 0 spiro atoms. The molecule has 138 valence electrons. The molecular weight excluding hydrogens is 604 g/mol. The lowest BCUT2D eigenvalue weighted by Gasteiger charge is -2.31. The maximum absolute atomic E-state index is 11.1. The summed E-state index contributed by atoms with van der Waals surface area (Å²) >= 11 is 14.2. The summed E-state index contributed by atoms with van der Waals surface area (Å²) < 4.78 is 2.53. The summed E-state index contributed by atoms with van der Waals surface area (Å²) in [4.78, 5) is -0.238. The average molecular weight is 618 g/mol. The normalized spacial score (nSPS) is 19.4. The number of rotatable bonds is 1. The van der Waals surface area contributed by atoms with Crippen molar-refractivity contribution in [3.63, 3.8) is 0 Å². The van der Waals surface area contributed by atoms with E-state index in [0.29, 0.717) is 15.6 Å². The van der Waals surface area contributed by atoms with E-state index in [4.69, 9.17) is 0 Å². The lowest BCUT2D eigenvalue weighted by Crippen LogP contribution is -2.21. The predicted molar refractivity (Wildman–Crippen MR) is 125 cm³/mol. The molecule has 6 heteroatoms. The quantitative estimate of drug-likeness (QED) is 0.272. The molecule has 0 fully saturated rings. The smallest absolute Gasteiger partial charge is 0.138 e. The van der Waals surface area contributed by atoms with Gasteiger partial charge in [0.2, 0.25) is 0 Å². The van der Waals surface area contributed by atoms with Gasteiger partial charge in [0.15, 0.2) is 0 Å². The summed E-state index contributed by atoms with van der Waals surface area (Å²) in [6.45, 7) is 2.08. The Hall–Kier alpha value is -0.820. The van der Waals surface area contributed by atoms with Crippen LogP contribution in [0.15, 0.2) is 61.6 Å². The Morgan fingerprint density at radius 3 is 2.30 bits per heavy atom. The molecule has 0 heterocycles. The van der Waals surface area contributed by atoms with Gasteiger partial charge in [-0.3, -0.25) is 0 Å². The molecule has 2 nitrogen and oxygen atoms in total. The molecule has 1 aliphatic carbocycles. The van der Waals surface area contributed by atoms with Crippen LogP contribution in [0.25, 0.3) is 16.3 Å². The van der Waals surface area contributed by atoms with Crippen LogP contribution in [0.5, 0.6) is 5.75 Å². The van der Waals surface area contributed by atoms with Crippen LogP contribution in [-0.2, 0) is 0 Å². The molecule has 2 atom stereocenters. The van der Waals surface area contributed by atoms with Crippen molar-refractivity contribution in [1.29, 1.82) is 0 Å². The fourth-order valence-electron chi connectivity index (χ4n) is 3.66. The molecule has 27 heavy (non-hydrogen) atoms. The van der Waals surface area contributed by atoms with Crippen molar-refractivity contribution in [2.75, 3.05) is 0 Å². The minimum absolute atomic E-state index is 0.0935. The summed E-state index contributed by atoms with van der Waals surface area (Å²) in [6, 6.07) is 13.8. The first-order valence-corrected chi connectivity index (χ1v) is 11.6. The van der Waals surface area contributed by atoms with Crippen molar-refractivity contribution in [2.24, 2.45) is 0 Å². The van der Waals surface area contributed by atoms with Gasteiger partial charge in [-0.25, -0.2) is 0 Å². The van der Waals surface area contributed by atoms with Crippen LogP contribution in [0.4, 0.5) is 0 Å². The van der Waals surface area contributed by atoms with Gasteiger partial charge in [0, 0.05) is 26.0 Å². The second-order valence-electron chi connectivity index (χ2n) is 6.63. The number of aliphatic hydroxyl groups excluding tert-OH is 1. The van der Waals surface area contributed by atoms with E-state index in [0.717, 1.165) is 30.8 Å². The van der Waals surface area contributed by atoms with Gasteiger partial charge >= 0.3 is 0 Å². The van der Waals surface area contributed by atoms with E-state index in [1.165, 1.54) is 0 Å². The Morgan fingerprint density at radius 1 is 0.889 bits per heavy atom. The maximum Gasteiger partial charge on any atom is 0.138 e. The summed E-state index contributed by atoms with van der Waals surface area (Å²) in [7, 11) is 0. The number of phenolic OH excluding ortho intramolecular Hbond substituents is 1. The molecule has 4 rings (SSSR count). The molecule has 3 aromatic carbocycles. The van der Waals surface area contributed by atoms with Crippen molar-refractivity contribution in [1.82, 2.24) is 0 Å². The summed E-state index contributed by atoms with van der Waals surface area (Å²) in [5, 5.41) is 23.9. The highest BCUT2D eigenvalue weighted by atomic mass is 79.9. The molecule has 0 amide bonds. The molecule has 0 aromatic heterocycles. The van der Waals surface area contributed by atoms with Gasteiger partial charge in [-0.1, -0.05) is 66.8 Å². The largest absolute Gasteiger partial charge is 0.510 e. The zero-order valence-corrected chi connectivity index (χ0v) is 20.4. The molecule has 0 aliphatic heterocycles. The number of fused-ring (bicyclic) bond motifs is 2. The van der Waals surface area contributed by atoms with E-state index in [9.17, 15) is 10.2 Å². The summed E-state index contributed by atoms with van der Waals surface area (Å²) in [5.41, 5.74) is 3.33. The van der Waals surface area contributed by atoms with Crippen LogP contribution in [-0.4, -0.2) is 15.0 Å². The number of phenols is 1. The highest BCUT2D eigenvalue weighted by molar-refractivity contribution is 9.11. The van der Waals surface area contributed by atoms with Gasteiger partial charge in [0.1, 0.15) is 11.5 Å². The molecule has 3 aromatic rings. The second-order valence-corrected chi connectivity index (χ2v) is 10.3. The average Bonchev–Trinajstić information content (AvgIpc) is 2.63. The molecule has 1 aliphatic rings. The van der Waals surface area contributed by atoms with Gasteiger partial charge in [-0.2, -0.15) is 0 Å². The Labute approximate surface area is 190 Å². The number of hydrogen-bond donors (Lipinski definition) is 2.